The fraction of sp³-hybridized carbons (Fsp3) is 0.222. The molecule has 2 aromatic rings. The van der Waals surface area contributed by atoms with Gasteiger partial charge in [0.2, 0.25) is 11.7 Å². The summed E-state index contributed by atoms with van der Waals surface area (Å²) in [4.78, 5) is 22.3. The average molecular weight is 389 g/mol. The molecule has 0 unspecified atom stereocenters. The van der Waals surface area contributed by atoms with E-state index in [-0.39, 0.29) is 17.7 Å². The lowest BCUT2D eigenvalue weighted by molar-refractivity contribution is -0.386. The first-order valence-corrected chi connectivity index (χ1v) is 7.97. The number of ether oxygens (including phenoxy) is 3. The van der Waals surface area contributed by atoms with E-state index in [2.05, 4.69) is 10.5 Å². The lowest BCUT2D eigenvalue weighted by Gasteiger charge is -2.09. The number of aromatic hydroxyl groups is 1. The predicted octanol–water partition coefficient (Wildman–Crippen LogP) is 2.02. The molecule has 1 amide bonds. The highest BCUT2D eigenvalue weighted by Gasteiger charge is 2.19. The summed E-state index contributed by atoms with van der Waals surface area (Å²) in [7, 11) is 4.28. The quantitative estimate of drug-likeness (QED) is 0.401. The van der Waals surface area contributed by atoms with Crippen molar-refractivity contribution in [3.05, 3.63) is 51.6 Å². The highest BCUT2D eigenvalue weighted by Crippen LogP contribution is 2.36. The van der Waals surface area contributed by atoms with Gasteiger partial charge in [-0.25, -0.2) is 5.43 Å². The zero-order valence-electron chi connectivity index (χ0n) is 15.5. The first-order chi connectivity index (χ1) is 13.4. The number of nitrogens with zero attached hydrogens (tertiary/aromatic N) is 2. The normalized spacial score (nSPS) is 10.5. The van der Waals surface area contributed by atoms with E-state index in [1.807, 2.05) is 0 Å². The number of hydrogen-bond acceptors (Lipinski definition) is 8. The fourth-order valence-corrected chi connectivity index (χ4v) is 2.38. The summed E-state index contributed by atoms with van der Waals surface area (Å²) in [6, 6.07) is 7.55. The van der Waals surface area contributed by atoms with Crippen molar-refractivity contribution in [3.8, 4) is 23.0 Å². The van der Waals surface area contributed by atoms with Crippen molar-refractivity contribution in [1.29, 1.82) is 0 Å². The summed E-state index contributed by atoms with van der Waals surface area (Å²) in [6.45, 7) is 0. The molecule has 2 aromatic carbocycles. The molecule has 10 heteroatoms. The molecule has 28 heavy (non-hydrogen) atoms. The number of phenols is 1. The SMILES string of the molecule is COc1ccc(CC(=O)N/N=C\c2cc(OC)c(O)c([N+](=O)[O-])c2)cc1OC. The molecular weight excluding hydrogens is 370 g/mol. The summed E-state index contributed by atoms with van der Waals surface area (Å²) >= 11 is 0. The van der Waals surface area contributed by atoms with Crippen LogP contribution in [0.15, 0.2) is 35.4 Å². The number of nitro benzene ring substituents is 1. The van der Waals surface area contributed by atoms with Crippen LogP contribution in [-0.2, 0) is 11.2 Å². The van der Waals surface area contributed by atoms with Crippen LogP contribution in [0, 0.1) is 10.1 Å². The molecule has 2 rings (SSSR count). The third-order valence-electron chi connectivity index (χ3n) is 3.71. The van der Waals surface area contributed by atoms with Crippen LogP contribution in [0.4, 0.5) is 5.69 Å². The van der Waals surface area contributed by atoms with Gasteiger partial charge in [-0.15, -0.1) is 0 Å². The van der Waals surface area contributed by atoms with E-state index in [1.165, 1.54) is 33.6 Å². The zero-order valence-corrected chi connectivity index (χ0v) is 15.5. The van der Waals surface area contributed by atoms with E-state index in [0.717, 1.165) is 6.07 Å². The molecule has 2 N–H and O–H groups in total. The number of phenolic OH excluding ortho intramolecular Hbond substituents is 1. The van der Waals surface area contributed by atoms with E-state index in [0.29, 0.717) is 17.1 Å². The van der Waals surface area contributed by atoms with E-state index in [9.17, 15) is 20.0 Å². The second-order valence-electron chi connectivity index (χ2n) is 5.51. The lowest BCUT2D eigenvalue weighted by Crippen LogP contribution is -2.19. The van der Waals surface area contributed by atoms with Crippen LogP contribution in [0.2, 0.25) is 0 Å². The molecule has 0 heterocycles. The Bertz CT molecular complexity index is 912. The summed E-state index contributed by atoms with van der Waals surface area (Å²) in [5, 5.41) is 24.5. The molecule has 0 fully saturated rings. The molecule has 0 saturated carbocycles. The second kappa shape index (κ2) is 9.21. The molecule has 0 saturated heterocycles. The van der Waals surface area contributed by atoms with Crippen molar-refractivity contribution < 1.29 is 29.0 Å². The Hall–Kier alpha value is -3.82. The number of nitrogens with one attached hydrogen (secondary N) is 1. The molecule has 0 aliphatic rings. The van der Waals surface area contributed by atoms with Gasteiger partial charge in [0.05, 0.1) is 38.9 Å². The highest BCUT2D eigenvalue weighted by molar-refractivity contribution is 5.85. The van der Waals surface area contributed by atoms with E-state index < -0.39 is 22.3 Å². The van der Waals surface area contributed by atoms with Gasteiger partial charge in [0.1, 0.15) is 0 Å². The van der Waals surface area contributed by atoms with Gasteiger partial charge in [0, 0.05) is 11.6 Å². The third kappa shape index (κ3) is 4.87. The summed E-state index contributed by atoms with van der Waals surface area (Å²) in [6.07, 6.45) is 1.25. The number of amides is 1. The Morgan fingerprint density at radius 2 is 1.82 bits per heavy atom. The Kier molecular flexibility index (Phi) is 6.74. The minimum absolute atomic E-state index is 0.0384. The molecule has 10 nitrogen and oxygen atoms in total. The topological polar surface area (TPSA) is 133 Å². The van der Waals surface area contributed by atoms with Crippen molar-refractivity contribution >= 4 is 17.8 Å². The molecule has 0 aliphatic carbocycles. The molecule has 0 spiro atoms. The van der Waals surface area contributed by atoms with Gasteiger partial charge in [-0.1, -0.05) is 6.07 Å². The first-order valence-electron chi connectivity index (χ1n) is 7.97. The maximum atomic E-state index is 12.0. The monoisotopic (exact) mass is 389 g/mol. The number of hydrazone groups is 1. The predicted molar refractivity (Wildman–Crippen MR) is 100 cm³/mol. The molecular formula is C18H19N3O7. The highest BCUT2D eigenvalue weighted by atomic mass is 16.6. The summed E-state index contributed by atoms with van der Waals surface area (Å²) in [5.74, 6) is -0.00879. The Labute approximate surface area is 160 Å². The average Bonchev–Trinajstić information content (AvgIpc) is 2.68. The molecule has 0 atom stereocenters. The van der Waals surface area contributed by atoms with Gasteiger partial charge in [-0.3, -0.25) is 14.9 Å². The number of hydrogen-bond donors (Lipinski definition) is 2. The molecule has 0 radical (unpaired) electrons. The number of nitro groups is 1. The summed E-state index contributed by atoms with van der Waals surface area (Å²) < 4.78 is 15.2. The van der Waals surface area contributed by atoms with Crippen molar-refractivity contribution in [2.45, 2.75) is 6.42 Å². The van der Waals surface area contributed by atoms with Gasteiger partial charge >= 0.3 is 5.69 Å². The summed E-state index contributed by atoms with van der Waals surface area (Å²) in [5.41, 5.74) is 2.76. The maximum absolute atomic E-state index is 12.0. The lowest BCUT2D eigenvalue weighted by atomic mass is 10.1. The minimum atomic E-state index is -0.745. The largest absolute Gasteiger partial charge is 0.500 e. The number of carbonyl (C=O) groups is 1. The second-order valence-corrected chi connectivity index (χ2v) is 5.51. The smallest absolute Gasteiger partial charge is 0.315 e. The van der Waals surface area contributed by atoms with E-state index in [1.54, 1.807) is 18.2 Å². The third-order valence-corrected chi connectivity index (χ3v) is 3.71. The van der Waals surface area contributed by atoms with Gasteiger partial charge in [0.25, 0.3) is 0 Å². The molecule has 0 aliphatic heterocycles. The fourth-order valence-electron chi connectivity index (χ4n) is 2.38. The Balaban J connectivity index is 2.07. The van der Waals surface area contributed by atoms with Crippen LogP contribution in [-0.4, -0.2) is 43.5 Å². The van der Waals surface area contributed by atoms with Crippen molar-refractivity contribution in [3.63, 3.8) is 0 Å². The van der Waals surface area contributed by atoms with Crippen LogP contribution >= 0.6 is 0 Å². The number of rotatable bonds is 8. The van der Waals surface area contributed by atoms with Crippen LogP contribution in [0.5, 0.6) is 23.0 Å². The molecule has 148 valence electrons. The zero-order chi connectivity index (χ0) is 20.7. The van der Waals surface area contributed by atoms with Gasteiger partial charge in [-0.05, 0) is 23.8 Å². The number of carbonyl (C=O) groups excluding carboxylic acids is 1. The van der Waals surface area contributed by atoms with Crippen LogP contribution in [0.25, 0.3) is 0 Å². The van der Waals surface area contributed by atoms with Gasteiger partial charge < -0.3 is 19.3 Å². The van der Waals surface area contributed by atoms with Crippen molar-refractivity contribution in [2.24, 2.45) is 5.10 Å². The number of benzene rings is 2. The standard InChI is InChI=1S/C18H19N3O7/c1-26-14-5-4-11(7-15(14)27-2)9-17(22)20-19-10-12-6-13(21(24)25)18(23)16(8-12)28-3/h4-8,10,23H,9H2,1-3H3,(H,20,22)/b19-10-. The van der Waals surface area contributed by atoms with Crippen LogP contribution < -0.4 is 19.6 Å². The Morgan fingerprint density at radius 3 is 2.43 bits per heavy atom. The number of methoxy groups -OCH3 is 3. The van der Waals surface area contributed by atoms with Crippen LogP contribution in [0.1, 0.15) is 11.1 Å². The first kappa shape index (κ1) is 20.5. The van der Waals surface area contributed by atoms with Gasteiger partial charge in [0.15, 0.2) is 17.2 Å². The van der Waals surface area contributed by atoms with E-state index in [4.69, 9.17) is 14.2 Å². The maximum Gasteiger partial charge on any atom is 0.315 e. The van der Waals surface area contributed by atoms with Crippen molar-refractivity contribution in [1.82, 2.24) is 5.43 Å². The van der Waals surface area contributed by atoms with E-state index >= 15 is 0 Å². The van der Waals surface area contributed by atoms with Crippen molar-refractivity contribution in [2.75, 3.05) is 21.3 Å². The Morgan fingerprint density at radius 1 is 1.14 bits per heavy atom. The minimum Gasteiger partial charge on any atom is -0.500 e. The van der Waals surface area contributed by atoms with Gasteiger partial charge in [-0.2, -0.15) is 5.10 Å². The van der Waals surface area contributed by atoms with Crippen LogP contribution in [0.3, 0.4) is 0 Å². The molecule has 0 bridgehead atoms. The molecule has 0 aromatic heterocycles.